The number of carbonyl (C=O) groups excluding carboxylic acids is 1. The first-order valence-corrected chi connectivity index (χ1v) is 14.0. The van der Waals surface area contributed by atoms with E-state index in [-0.39, 0.29) is 35.5 Å². The van der Waals surface area contributed by atoms with Crippen LogP contribution in [-0.2, 0) is 9.47 Å². The molecule has 3 rings (SSSR count). The number of hydrogen-bond acceptors (Lipinski definition) is 5. The Bertz CT molecular complexity index is 1210. The van der Waals surface area contributed by atoms with E-state index in [4.69, 9.17) is 9.47 Å². The topological polar surface area (TPSA) is 61.3 Å². The van der Waals surface area contributed by atoms with E-state index in [1.165, 1.54) is 19.5 Å². The average molecular weight is 628 g/mol. The van der Waals surface area contributed by atoms with Crippen LogP contribution in [0.2, 0.25) is 0 Å². The molecule has 2 atom stereocenters. The molecular weight excluding hydrogens is 592 g/mol. The number of carbonyl (C=O) groups is 1. The minimum atomic E-state index is -4.54. The van der Waals surface area contributed by atoms with E-state index in [9.17, 15) is 22.4 Å². The zero-order valence-electron chi connectivity index (χ0n) is 23.2. The minimum Gasteiger partial charge on any atom is -0.464 e. The van der Waals surface area contributed by atoms with Gasteiger partial charge in [-0.2, -0.15) is 13.2 Å². The van der Waals surface area contributed by atoms with Crippen LogP contribution in [-0.4, -0.2) is 46.8 Å². The van der Waals surface area contributed by atoms with Gasteiger partial charge in [0.2, 0.25) is 0 Å². The fraction of sp³-hybridized carbons (Fsp3) is 0.433. The highest BCUT2D eigenvalue weighted by molar-refractivity contribution is 9.09. The molecule has 1 aromatic rings. The van der Waals surface area contributed by atoms with Gasteiger partial charge in [0.05, 0.1) is 43.5 Å². The smallest absolute Gasteiger partial charge is 0.416 e. The lowest BCUT2D eigenvalue weighted by atomic mass is 9.93. The van der Waals surface area contributed by atoms with Gasteiger partial charge in [0.25, 0.3) is 0 Å². The number of aromatic nitrogens is 2. The summed E-state index contributed by atoms with van der Waals surface area (Å²) < 4.78 is 66.8. The number of rotatable bonds is 9. The predicted molar refractivity (Wildman–Crippen MR) is 153 cm³/mol. The van der Waals surface area contributed by atoms with Crippen LogP contribution in [0.5, 0.6) is 0 Å². The Morgan fingerprint density at radius 1 is 1.25 bits per heavy atom. The van der Waals surface area contributed by atoms with Crippen LogP contribution >= 0.6 is 15.9 Å². The fourth-order valence-electron chi connectivity index (χ4n) is 4.34. The number of halogens is 5. The number of esters is 1. The Morgan fingerprint density at radius 3 is 2.58 bits per heavy atom. The van der Waals surface area contributed by atoms with Gasteiger partial charge in [-0.1, -0.05) is 54.6 Å². The first-order valence-electron chi connectivity index (χ1n) is 13.1. The molecule has 0 aromatic carbocycles. The molecule has 0 N–H and O–H groups in total. The molecule has 0 aliphatic heterocycles. The summed E-state index contributed by atoms with van der Waals surface area (Å²) in [5.41, 5.74) is 1.62. The lowest BCUT2D eigenvalue weighted by Crippen LogP contribution is -2.19. The monoisotopic (exact) mass is 626 g/mol. The number of alkyl halides is 4. The van der Waals surface area contributed by atoms with Crippen LogP contribution < -0.4 is 0 Å². The molecule has 0 radical (unpaired) electrons. The highest BCUT2D eigenvalue weighted by Gasteiger charge is 2.36. The van der Waals surface area contributed by atoms with Crippen LogP contribution in [0.1, 0.15) is 69.1 Å². The van der Waals surface area contributed by atoms with Crippen molar-refractivity contribution in [2.45, 2.75) is 70.0 Å². The van der Waals surface area contributed by atoms with Crippen molar-refractivity contribution in [1.82, 2.24) is 9.97 Å². The number of methoxy groups -OCH3 is 1. The zero-order valence-corrected chi connectivity index (χ0v) is 24.7. The van der Waals surface area contributed by atoms with Gasteiger partial charge in [-0.3, -0.25) is 4.98 Å². The van der Waals surface area contributed by atoms with Crippen LogP contribution in [0.15, 0.2) is 77.5 Å². The number of ether oxygens (including phenoxy) is 2. The quantitative estimate of drug-likeness (QED) is 0.119. The third-order valence-corrected chi connectivity index (χ3v) is 6.48. The molecule has 0 fully saturated rings. The molecule has 218 valence electrons. The molecular formula is C30H35BrF4N2O3. The van der Waals surface area contributed by atoms with Crippen LogP contribution in [0.25, 0.3) is 5.57 Å². The molecule has 5 nitrogen and oxygen atoms in total. The first-order chi connectivity index (χ1) is 19.0. The van der Waals surface area contributed by atoms with Crippen molar-refractivity contribution in [3.8, 4) is 0 Å². The zero-order chi connectivity index (χ0) is 29.9. The Morgan fingerprint density at radius 2 is 1.95 bits per heavy atom. The molecule has 40 heavy (non-hydrogen) atoms. The summed E-state index contributed by atoms with van der Waals surface area (Å²) in [6.45, 7) is 9.18. The lowest BCUT2D eigenvalue weighted by Gasteiger charge is -2.23. The van der Waals surface area contributed by atoms with Crippen molar-refractivity contribution in [2.75, 3.05) is 13.7 Å². The Hall–Kier alpha value is -2.85. The summed E-state index contributed by atoms with van der Waals surface area (Å²) in [5, 5.41) is 0. The van der Waals surface area contributed by atoms with Gasteiger partial charge >= 0.3 is 12.1 Å². The summed E-state index contributed by atoms with van der Waals surface area (Å²) in [6, 6.07) is 0. The lowest BCUT2D eigenvalue weighted by molar-refractivity contribution is -0.0884. The second kappa shape index (κ2) is 15.8. The van der Waals surface area contributed by atoms with Gasteiger partial charge in [0.15, 0.2) is 5.69 Å². The van der Waals surface area contributed by atoms with Crippen LogP contribution in [0.4, 0.5) is 17.6 Å². The van der Waals surface area contributed by atoms with E-state index in [1.54, 1.807) is 12.2 Å². The van der Waals surface area contributed by atoms with E-state index in [1.807, 2.05) is 20.8 Å². The van der Waals surface area contributed by atoms with Crippen molar-refractivity contribution in [3.05, 3.63) is 88.9 Å². The second-order valence-corrected chi connectivity index (χ2v) is 10.3. The Balaban J connectivity index is 0.00000274. The van der Waals surface area contributed by atoms with Crippen LogP contribution in [0, 0.1) is 0 Å². The molecule has 0 bridgehead atoms. The molecule has 1 heterocycles. The SMILES string of the molecule is C=C/C(F)=C(\C=C/C(C)Br)COC1CCC=C(C(F)(F)F)C=C1C1=C(c2cncc(C(=O)OC)n2)CCC1.CC. The van der Waals surface area contributed by atoms with E-state index < -0.39 is 29.6 Å². The van der Waals surface area contributed by atoms with E-state index in [0.717, 1.165) is 18.2 Å². The van der Waals surface area contributed by atoms with Crippen molar-refractivity contribution in [2.24, 2.45) is 0 Å². The van der Waals surface area contributed by atoms with Crippen LogP contribution in [0.3, 0.4) is 0 Å². The summed E-state index contributed by atoms with van der Waals surface area (Å²) in [7, 11) is 1.23. The maximum atomic E-state index is 14.5. The number of nitrogens with zero attached hydrogens (tertiary/aromatic N) is 2. The highest BCUT2D eigenvalue weighted by atomic mass is 79.9. The number of hydrogen-bond donors (Lipinski definition) is 0. The Labute approximate surface area is 241 Å². The molecule has 2 aliphatic carbocycles. The summed E-state index contributed by atoms with van der Waals surface area (Å²) >= 11 is 3.37. The molecule has 1 aromatic heterocycles. The molecule has 10 heteroatoms. The minimum absolute atomic E-state index is 0.00441. The fourth-order valence-corrected chi connectivity index (χ4v) is 4.50. The maximum Gasteiger partial charge on any atom is 0.416 e. The van der Waals surface area contributed by atoms with Gasteiger partial charge in [-0.05, 0) is 67.9 Å². The maximum absolute atomic E-state index is 14.5. The first kappa shape index (κ1) is 33.4. The predicted octanol–water partition coefficient (Wildman–Crippen LogP) is 8.57. The standard InChI is InChI=1S/C28H29BrF4N2O3.C2H6/c1-4-23(30)18(12-11-17(2)29)16-38-26-10-5-7-19(28(31,32)33)13-22(26)20-8-6-9-21(20)24-14-34-15-25(35-24)27(36)37-3;1-2/h4,7,11-15,17,26H,1,5-6,8-10,16H2,2-3H3;1-2H3/b12-11-,23-18-;. The van der Waals surface area contributed by atoms with Gasteiger partial charge in [0.1, 0.15) is 5.83 Å². The molecule has 0 saturated heterocycles. The molecule has 0 spiro atoms. The average Bonchev–Trinajstić information content (AvgIpc) is 3.33. The van der Waals surface area contributed by atoms with Gasteiger partial charge in [0, 0.05) is 10.4 Å². The van der Waals surface area contributed by atoms with Crippen molar-refractivity contribution >= 4 is 27.5 Å². The summed E-state index contributed by atoms with van der Waals surface area (Å²) in [5.74, 6) is -1.23. The van der Waals surface area contributed by atoms with Gasteiger partial charge in [-0.15, -0.1) is 0 Å². The van der Waals surface area contributed by atoms with Crippen molar-refractivity contribution in [1.29, 1.82) is 0 Å². The van der Waals surface area contributed by atoms with E-state index in [2.05, 4.69) is 32.5 Å². The largest absolute Gasteiger partial charge is 0.464 e. The number of allylic oxidation sites excluding steroid dienone is 7. The summed E-state index contributed by atoms with van der Waals surface area (Å²) in [6.07, 6.45) is 6.29. The van der Waals surface area contributed by atoms with Gasteiger partial charge < -0.3 is 9.47 Å². The third kappa shape index (κ3) is 9.09. The third-order valence-electron chi connectivity index (χ3n) is 6.17. The normalized spacial score (nSPS) is 19.2. The molecule has 0 saturated carbocycles. The summed E-state index contributed by atoms with van der Waals surface area (Å²) in [4.78, 5) is 20.4. The van der Waals surface area contributed by atoms with Gasteiger partial charge in [-0.25, -0.2) is 14.2 Å². The van der Waals surface area contributed by atoms with E-state index >= 15 is 0 Å². The second-order valence-electron chi connectivity index (χ2n) is 8.84. The Kier molecular flexibility index (Phi) is 13.2. The molecule has 2 aliphatic rings. The van der Waals surface area contributed by atoms with Crippen molar-refractivity contribution < 1.29 is 31.8 Å². The highest BCUT2D eigenvalue weighted by Crippen LogP contribution is 2.42. The van der Waals surface area contributed by atoms with E-state index in [0.29, 0.717) is 41.7 Å². The molecule has 0 amide bonds. The van der Waals surface area contributed by atoms with Crippen molar-refractivity contribution in [3.63, 3.8) is 0 Å². The molecule has 2 unspecified atom stereocenters.